The molecule has 0 saturated heterocycles. The average molecular weight is 293 g/mol. The summed E-state index contributed by atoms with van der Waals surface area (Å²) in [5, 5.41) is 3.15. The predicted molar refractivity (Wildman–Crippen MR) is 92.8 cm³/mol. The second-order valence-electron chi connectivity index (χ2n) is 4.85. The third-order valence-electron chi connectivity index (χ3n) is 3.15. The van der Waals surface area contributed by atoms with Gasteiger partial charge in [0.1, 0.15) is 0 Å². The van der Waals surface area contributed by atoms with Gasteiger partial charge in [0.2, 0.25) is 0 Å². The van der Waals surface area contributed by atoms with E-state index in [1.807, 2.05) is 23.9 Å². The molecular weight excluding hydrogens is 266 g/mol. The van der Waals surface area contributed by atoms with Crippen molar-refractivity contribution in [3.05, 3.63) is 29.8 Å². The summed E-state index contributed by atoms with van der Waals surface area (Å²) >= 11 is 1.92. The van der Waals surface area contributed by atoms with Crippen LogP contribution in [-0.2, 0) is 6.42 Å². The summed E-state index contributed by atoms with van der Waals surface area (Å²) in [7, 11) is 0. The zero-order valence-corrected chi connectivity index (χ0v) is 13.5. The van der Waals surface area contributed by atoms with Crippen molar-refractivity contribution in [1.82, 2.24) is 0 Å². The Morgan fingerprint density at radius 1 is 1.25 bits per heavy atom. The second kappa shape index (κ2) is 10.6. The van der Waals surface area contributed by atoms with Crippen molar-refractivity contribution in [2.45, 2.75) is 39.0 Å². The summed E-state index contributed by atoms with van der Waals surface area (Å²) in [6.07, 6.45) is 8.14. The van der Waals surface area contributed by atoms with Crippen LogP contribution in [0.2, 0.25) is 0 Å². The maximum Gasteiger partial charge on any atom is 0.193 e. The molecule has 3 nitrogen and oxygen atoms in total. The number of rotatable bonds is 9. The molecule has 1 aromatic rings. The van der Waals surface area contributed by atoms with Crippen LogP contribution in [0.5, 0.6) is 0 Å². The van der Waals surface area contributed by atoms with Crippen LogP contribution >= 0.6 is 11.8 Å². The number of unbranched alkanes of at least 4 members (excludes halogenated alkanes) is 3. The molecule has 0 aliphatic rings. The van der Waals surface area contributed by atoms with Crippen LogP contribution in [0.25, 0.3) is 0 Å². The maximum absolute atomic E-state index is 5.90. The molecular formula is C16H27N3S. The normalized spacial score (nSPS) is 11.6. The number of guanidine groups is 1. The van der Waals surface area contributed by atoms with Crippen molar-refractivity contribution in [2.24, 2.45) is 10.7 Å². The van der Waals surface area contributed by atoms with E-state index in [0.29, 0.717) is 5.96 Å². The summed E-state index contributed by atoms with van der Waals surface area (Å²) in [4.78, 5) is 4.37. The Morgan fingerprint density at radius 3 is 2.80 bits per heavy atom. The number of nitrogens with one attached hydrogen (secondary N) is 1. The van der Waals surface area contributed by atoms with Crippen LogP contribution in [0.3, 0.4) is 0 Å². The number of thioether (sulfide) groups is 1. The van der Waals surface area contributed by atoms with Crippen LogP contribution in [0.15, 0.2) is 29.3 Å². The van der Waals surface area contributed by atoms with Gasteiger partial charge in [-0.25, -0.2) is 0 Å². The summed E-state index contributed by atoms with van der Waals surface area (Å²) in [5.41, 5.74) is 8.22. The highest BCUT2D eigenvalue weighted by Crippen LogP contribution is 2.10. The molecule has 3 N–H and O–H groups in total. The molecule has 112 valence electrons. The highest BCUT2D eigenvalue weighted by molar-refractivity contribution is 7.98. The summed E-state index contributed by atoms with van der Waals surface area (Å²) < 4.78 is 0. The zero-order chi connectivity index (χ0) is 14.6. The van der Waals surface area contributed by atoms with Gasteiger partial charge in [0, 0.05) is 12.2 Å². The van der Waals surface area contributed by atoms with E-state index in [9.17, 15) is 0 Å². The topological polar surface area (TPSA) is 50.4 Å². The van der Waals surface area contributed by atoms with Gasteiger partial charge in [-0.15, -0.1) is 0 Å². The van der Waals surface area contributed by atoms with Crippen molar-refractivity contribution in [3.8, 4) is 0 Å². The quantitative estimate of drug-likeness (QED) is 0.412. The van der Waals surface area contributed by atoms with Gasteiger partial charge >= 0.3 is 0 Å². The van der Waals surface area contributed by atoms with E-state index in [2.05, 4.69) is 35.6 Å². The van der Waals surface area contributed by atoms with Crippen molar-refractivity contribution in [1.29, 1.82) is 0 Å². The molecule has 0 atom stereocenters. The van der Waals surface area contributed by atoms with E-state index >= 15 is 0 Å². The largest absolute Gasteiger partial charge is 0.370 e. The number of nitrogens with two attached hydrogens (primary N) is 1. The molecule has 0 aromatic heterocycles. The van der Waals surface area contributed by atoms with E-state index in [0.717, 1.165) is 25.1 Å². The highest BCUT2D eigenvalue weighted by atomic mass is 32.2. The highest BCUT2D eigenvalue weighted by Gasteiger charge is 1.96. The van der Waals surface area contributed by atoms with Crippen LogP contribution in [0.4, 0.5) is 5.69 Å². The van der Waals surface area contributed by atoms with Gasteiger partial charge in [-0.1, -0.05) is 31.9 Å². The van der Waals surface area contributed by atoms with Gasteiger partial charge in [0.05, 0.1) is 0 Å². The average Bonchev–Trinajstić information content (AvgIpc) is 2.46. The molecule has 0 saturated carbocycles. The number of nitrogens with zero attached hydrogens (tertiary/aromatic N) is 1. The Labute approximate surface area is 127 Å². The fraction of sp³-hybridized carbons (Fsp3) is 0.562. The molecule has 0 radical (unpaired) electrons. The van der Waals surface area contributed by atoms with Gasteiger partial charge < -0.3 is 11.1 Å². The Kier molecular flexibility index (Phi) is 8.96. The van der Waals surface area contributed by atoms with Crippen LogP contribution in [0, 0.1) is 0 Å². The Balaban J connectivity index is 2.23. The van der Waals surface area contributed by atoms with Gasteiger partial charge in [-0.05, 0) is 49.0 Å². The molecule has 0 fully saturated rings. The van der Waals surface area contributed by atoms with E-state index < -0.39 is 0 Å². The Morgan fingerprint density at radius 2 is 2.05 bits per heavy atom. The number of anilines is 1. The van der Waals surface area contributed by atoms with Crippen LogP contribution in [0.1, 0.15) is 38.2 Å². The Bertz CT molecular complexity index is 404. The molecule has 0 amide bonds. The first kappa shape index (κ1) is 16.9. The van der Waals surface area contributed by atoms with Crippen LogP contribution < -0.4 is 11.1 Å². The van der Waals surface area contributed by atoms with Gasteiger partial charge in [-0.3, -0.25) is 4.99 Å². The number of benzene rings is 1. The lowest BCUT2D eigenvalue weighted by molar-refractivity contribution is 0.678. The van der Waals surface area contributed by atoms with E-state index in [4.69, 9.17) is 5.73 Å². The third kappa shape index (κ3) is 7.43. The molecule has 20 heavy (non-hydrogen) atoms. The summed E-state index contributed by atoms with van der Waals surface area (Å²) in [6, 6.07) is 8.29. The lowest BCUT2D eigenvalue weighted by atomic mass is 10.1. The molecule has 1 aromatic carbocycles. The molecule has 0 bridgehead atoms. The lowest BCUT2D eigenvalue weighted by Gasteiger charge is -2.07. The van der Waals surface area contributed by atoms with Crippen molar-refractivity contribution in [3.63, 3.8) is 0 Å². The van der Waals surface area contributed by atoms with Gasteiger partial charge in [-0.2, -0.15) is 11.8 Å². The molecule has 0 spiro atoms. The smallest absolute Gasteiger partial charge is 0.193 e. The monoisotopic (exact) mass is 293 g/mol. The summed E-state index contributed by atoms with van der Waals surface area (Å²) in [6.45, 7) is 2.96. The third-order valence-corrected chi connectivity index (χ3v) is 3.84. The van der Waals surface area contributed by atoms with Crippen molar-refractivity contribution < 1.29 is 0 Å². The number of hydrogen-bond acceptors (Lipinski definition) is 2. The first-order valence-corrected chi connectivity index (χ1v) is 8.80. The minimum absolute atomic E-state index is 0.516. The van der Waals surface area contributed by atoms with Crippen molar-refractivity contribution in [2.75, 3.05) is 23.9 Å². The van der Waals surface area contributed by atoms with Gasteiger partial charge in [0.25, 0.3) is 0 Å². The molecule has 0 aliphatic heterocycles. The first-order valence-electron chi connectivity index (χ1n) is 7.41. The molecule has 0 heterocycles. The number of hydrogen-bond donors (Lipinski definition) is 2. The number of aryl methyl sites for hydroxylation is 1. The second-order valence-corrected chi connectivity index (χ2v) is 5.84. The van der Waals surface area contributed by atoms with Crippen molar-refractivity contribution >= 4 is 23.4 Å². The summed E-state index contributed by atoms with van der Waals surface area (Å²) in [5.74, 6) is 1.78. The van der Waals surface area contributed by atoms with Gasteiger partial charge in [0.15, 0.2) is 5.96 Å². The Hall–Kier alpha value is -1.16. The number of aliphatic imine (C=N–C) groups is 1. The fourth-order valence-corrected chi connectivity index (χ4v) is 2.46. The van der Waals surface area contributed by atoms with E-state index in [1.165, 1.54) is 30.6 Å². The molecule has 0 aliphatic carbocycles. The SMILES string of the molecule is CCc1cccc(NC(N)=NCCCCCCSC)c1. The molecule has 1 rings (SSSR count). The van der Waals surface area contributed by atoms with E-state index in [1.54, 1.807) is 0 Å². The van der Waals surface area contributed by atoms with Crippen LogP contribution in [-0.4, -0.2) is 24.5 Å². The molecule has 4 heteroatoms. The fourth-order valence-electron chi connectivity index (χ4n) is 1.97. The first-order chi connectivity index (χ1) is 9.76. The minimum Gasteiger partial charge on any atom is -0.370 e. The maximum atomic E-state index is 5.90. The lowest BCUT2D eigenvalue weighted by Crippen LogP contribution is -2.22. The predicted octanol–water partition coefficient (Wildman–Crippen LogP) is 3.90. The minimum atomic E-state index is 0.516. The zero-order valence-electron chi connectivity index (χ0n) is 12.7. The standard InChI is InChI=1S/C16H27N3S/c1-3-14-9-8-10-15(13-14)19-16(17)18-11-6-4-5-7-12-20-2/h8-10,13H,3-7,11-12H2,1-2H3,(H3,17,18,19). The van der Waals surface area contributed by atoms with E-state index in [-0.39, 0.29) is 0 Å². The molecule has 0 unspecified atom stereocenters.